The number of carbonyl (C=O) groups is 1. The van der Waals surface area contributed by atoms with E-state index in [9.17, 15) is 4.79 Å². The number of aldehydes is 1. The van der Waals surface area contributed by atoms with E-state index >= 15 is 0 Å². The highest BCUT2D eigenvalue weighted by molar-refractivity contribution is 6.60. The second-order valence-electron chi connectivity index (χ2n) is 5.54. The van der Waals surface area contributed by atoms with Gasteiger partial charge >= 0.3 is 8.80 Å². The fourth-order valence-corrected chi connectivity index (χ4v) is 5.73. The molecule has 0 amide bonds. The van der Waals surface area contributed by atoms with E-state index < -0.39 is 8.80 Å². The van der Waals surface area contributed by atoms with Gasteiger partial charge in [-0.05, 0) is 33.3 Å². The van der Waals surface area contributed by atoms with Crippen LogP contribution in [0.25, 0.3) is 10.9 Å². The number of fused-ring (bicyclic) bond motifs is 1. The molecule has 0 bridgehead atoms. The Balaban J connectivity index is 2.33. The normalized spacial score (nSPS) is 12.0. The molecule has 5 nitrogen and oxygen atoms in total. The molecule has 0 aliphatic rings. The van der Waals surface area contributed by atoms with Gasteiger partial charge < -0.3 is 17.8 Å². The number of nitrogens with zero attached hydrogens (tertiary/aromatic N) is 1. The molecule has 0 N–H and O–H groups in total. The molecule has 1 aromatic carbocycles. The molecular formula is C18H27NO4Si. The van der Waals surface area contributed by atoms with Crippen molar-refractivity contribution in [2.75, 3.05) is 19.8 Å². The van der Waals surface area contributed by atoms with Gasteiger partial charge in [-0.25, -0.2) is 0 Å². The van der Waals surface area contributed by atoms with Crippen LogP contribution in [0, 0.1) is 0 Å². The Morgan fingerprint density at radius 2 is 1.62 bits per heavy atom. The number of hydrogen-bond donors (Lipinski definition) is 0. The fourth-order valence-electron chi connectivity index (χ4n) is 3.18. The van der Waals surface area contributed by atoms with Crippen LogP contribution in [0.2, 0.25) is 6.04 Å². The van der Waals surface area contributed by atoms with Gasteiger partial charge in [0.25, 0.3) is 0 Å². The maximum Gasteiger partial charge on any atom is 0.501 e. The first kappa shape index (κ1) is 18.9. The lowest BCUT2D eigenvalue weighted by molar-refractivity contribution is 0.0712. The Hall–Kier alpha value is -1.47. The lowest BCUT2D eigenvalue weighted by Crippen LogP contribution is -2.46. The molecule has 0 saturated carbocycles. The topological polar surface area (TPSA) is 49.7 Å². The minimum Gasteiger partial charge on any atom is -0.374 e. The largest absolute Gasteiger partial charge is 0.501 e. The van der Waals surface area contributed by atoms with Crippen LogP contribution in [-0.4, -0.2) is 39.5 Å². The summed E-state index contributed by atoms with van der Waals surface area (Å²) in [6.45, 7) is 7.53. The van der Waals surface area contributed by atoms with Crippen LogP contribution in [-0.2, 0) is 26.7 Å². The Kier molecular flexibility index (Phi) is 6.74. The number of para-hydroxylation sites is 1. The predicted octanol–water partition coefficient (Wildman–Crippen LogP) is 3.58. The Bertz CT molecular complexity index is 666. The van der Waals surface area contributed by atoms with Crippen molar-refractivity contribution >= 4 is 26.0 Å². The summed E-state index contributed by atoms with van der Waals surface area (Å²) in [5, 5.41) is 0.987. The summed E-state index contributed by atoms with van der Waals surface area (Å²) >= 11 is 0. The van der Waals surface area contributed by atoms with E-state index in [1.54, 1.807) is 0 Å². The molecule has 24 heavy (non-hydrogen) atoms. The van der Waals surface area contributed by atoms with Crippen molar-refractivity contribution in [3.8, 4) is 0 Å². The standard InChI is InChI=1S/C18H27NO4Si/c1-5-21-24(22-6-2,23-7-3)13-12-18-16(14-20)15-10-8-9-11-17(15)19(18)4/h8-11,14H,5-7,12-13H2,1-4H3. The second-order valence-corrected chi connectivity index (χ2v) is 8.27. The minimum absolute atomic E-state index is 0.557. The van der Waals surface area contributed by atoms with Gasteiger partial charge in [0, 0.05) is 55.1 Å². The van der Waals surface area contributed by atoms with Crippen molar-refractivity contribution in [2.45, 2.75) is 33.2 Å². The Morgan fingerprint density at radius 1 is 1.04 bits per heavy atom. The molecule has 1 heterocycles. The van der Waals surface area contributed by atoms with Crippen molar-refractivity contribution in [3.63, 3.8) is 0 Å². The smallest absolute Gasteiger partial charge is 0.374 e. The molecule has 132 valence electrons. The molecule has 0 aliphatic heterocycles. The third-order valence-corrected chi connectivity index (χ3v) is 7.20. The SMILES string of the molecule is CCO[Si](CCc1c(C=O)c2ccccc2n1C)(OCC)OCC. The number of aryl methyl sites for hydroxylation is 1. The summed E-state index contributed by atoms with van der Waals surface area (Å²) in [4.78, 5) is 11.7. The minimum atomic E-state index is -2.72. The van der Waals surface area contributed by atoms with Crippen LogP contribution < -0.4 is 0 Å². The molecule has 0 radical (unpaired) electrons. The van der Waals surface area contributed by atoms with Crippen LogP contribution in [0.15, 0.2) is 24.3 Å². The van der Waals surface area contributed by atoms with Gasteiger partial charge in [-0.3, -0.25) is 4.79 Å². The number of carbonyl (C=O) groups excluding carboxylic acids is 1. The van der Waals surface area contributed by atoms with E-state index in [1.165, 1.54) is 0 Å². The predicted molar refractivity (Wildman–Crippen MR) is 97.4 cm³/mol. The van der Waals surface area contributed by atoms with Gasteiger partial charge in [0.2, 0.25) is 0 Å². The van der Waals surface area contributed by atoms with Gasteiger partial charge in [0.1, 0.15) is 0 Å². The molecule has 0 atom stereocenters. The Morgan fingerprint density at radius 3 is 2.17 bits per heavy atom. The van der Waals surface area contributed by atoms with Gasteiger partial charge in [-0.1, -0.05) is 18.2 Å². The molecule has 0 aliphatic carbocycles. The van der Waals surface area contributed by atoms with Crippen LogP contribution in [0.5, 0.6) is 0 Å². The molecule has 1 aromatic heterocycles. The molecule has 2 aromatic rings. The lowest BCUT2D eigenvalue weighted by Gasteiger charge is -2.28. The molecule has 0 spiro atoms. The third kappa shape index (κ3) is 3.78. The average Bonchev–Trinajstić information content (AvgIpc) is 2.86. The fraction of sp³-hybridized carbons (Fsp3) is 0.500. The van der Waals surface area contributed by atoms with Crippen LogP contribution >= 0.6 is 0 Å². The summed E-state index contributed by atoms with van der Waals surface area (Å²) in [5.41, 5.74) is 2.81. The van der Waals surface area contributed by atoms with E-state index in [-0.39, 0.29) is 0 Å². The molecule has 0 fully saturated rings. The molecule has 0 saturated heterocycles. The first-order valence-electron chi connectivity index (χ1n) is 8.55. The van der Waals surface area contributed by atoms with E-state index in [4.69, 9.17) is 13.3 Å². The zero-order valence-electron chi connectivity index (χ0n) is 15.0. The highest BCUT2D eigenvalue weighted by atomic mass is 28.4. The van der Waals surface area contributed by atoms with Crippen LogP contribution in [0.4, 0.5) is 0 Å². The van der Waals surface area contributed by atoms with Crippen molar-refractivity contribution in [1.29, 1.82) is 0 Å². The maximum absolute atomic E-state index is 11.7. The summed E-state index contributed by atoms with van der Waals surface area (Å²) in [6.07, 6.45) is 1.63. The number of rotatable bonds is 10. The molecule has 2 rings (SSSR count). The Labute approximate surface area is 144 Å². The van der Waals surface area contributed by atoms with E-state index in [1.807, 2.05) is 52.1 Å². The quantitative estimate of drug-likeness (QED) is 0.486. The van der Waals surface area contributed by atoms with Crippen LogP contribution in [0.1, 0.15) is 36.8 Å². The average molecular weight is 350 g/mol. The summed E-state index contributed by atoms with van der Waals surface area (Å²) in [7, 11) is -0.719. The van der Waals surface area contributed by atoms with Gasteiger partial charge in [-0.2, -0.15) is 0 Å². The van der Waals surface area contributed by atoms with Gasteiger partial charge in [-0.15, -0.1) is 0 Å². The molecule has 6 heteroatoms. The number of hydrogen-bond acceptors (Lipinski definition) is 4. The van der Waals surface area contributed by atoms with E-state index in [2.05, 4.69) is 4.57 Å². The lowest BCUT2D eigenvalue weighted by atomic mass is 10.1. The highest BCUT2D eigenvalue weighted by Gasteiger charge is 2.40. The summed E-state index contributed by atoms with van der Waals surface area (Å²) in [6, 6.07) is 8.62. The third-order valence-electron chi connectivity index (χ3n) is 4.15. The zero-order chi connectivity index (χ0) is 17.6. The van der Waals surface area contributed by atoms with Crippen molar-refractivity contribution in [2.24, 2.45) is 7.05 Å². The van der Waals surface area contributed by atoms with Gasteiger partial charge in [0.05, 0.1) is 0 Å². The number of aromatic nitrogens is 1. The molecule has 0 unspecified atom stereocenters. The van der Waals surface area contributed by atoms with Crippen molar-refractivity contribution < 1.29 is 18.1 Å². The summed E-state index contributed by atoms with van der Waals surface area (Å²) < 4.78 is 19.8. The van der Waals surface area contributed by atoms with E-state index in [0.29, 0.717) is 32.3 Å². The first-order valence-corrected chi connectivity index (χ1v) is 10.5. The second kappa shape index (κ2) is 8.57. The highest BCUT2D eigenvalue weighted by Crippen LogP contribution is 2.27. The first-order chi connectivity index (χ1) is 11.6. The summed E-state index contributed by atoms with van der Waals surface area (Å²) in [5.74, 6) is 0. The van der Waals surface area contributed by atoms with Crippen molar-refractivity contribution in [1.82, 2.24) is 4.57 Å². The van der Waals surface area contributed by atoms with Gasteiger partial charge in [0.15, 0.2) is 6.29 Å². The van der Waals surface area contributed by atoms with E-state index in [0.717, 1.165) is 28.4 Å². The van der Waals surface area contributed by atoms with Crippen molar-refractivity contribution in [3.05, 3.63) is 35.5 Å². The monoisotopic (exact) mass is 349 g/mol. The zero-order valence-corrected chi connectivity index (χ0v) is 16.0. The molecular weight excluding hydrogens is 322 g/mol. The maximum atomic E-state index is 11.7. The number of benzene rings is 1. The van der Waals surface area contributed by atoms with Crippen LogP contribution in [0.3, 0.4) is 0 Å².